The zero-order chi connectivity index (χ0) is 17.9. The second-order valence-electron chi connectivity index (χ2n) is 5.86. The summed E-state index contributed by atoms with van der Waals surface area (Å²) in [4.78, 5) is 25.6. The number of amides is 2. The molecular formula is C18H26N4O3. The van der Waals surface area contributed by atoms with E-state index in [4.69, 9.17) is 4.74 Å². The topological polar surface area (TPSA) is 83.0 Å². The second-order valence-corrected chi connectivity index (χ2v) is 5.86. The van der Waals surface area contributed by atoms with Gasteiger partial charge in [-0.05, 0) is 30.5 Å². The van der Waals surface area contributed by atoms with Gasteiger partial charge in [-0.2, -0.15) is 5.10 Å². The Hall–Kier alpha value is -2.25. The summed E-state index contributed by atoms with van der Waals surface area (Å²) in [6.45, 7) is 6.79. The number of carbonyl (C=O) groups excluding carboxylic acids is 2. The van der Waals surface area contributed by atoms with Gasteiger partial charge in [0.25, 0.3) is 0 Å². The van der Waals surface area contributed by atoms with Crippen molar-refractivity contribution in [2.45, 2.75) is 19.8 Å². The molecule has 0 saturated carbocycles. The van der Waals surface area contributed by atoms with Gasteiger partial charge in [0, 0.05) is 19.6 Å². The van der Waals surface area contributed by atoms with Crippen molar-refractivity contribution < 1.29 is 14.3 Å². The summed E-state index contributed by atoms with van der Waals surface area (Å²) < 4.78 is 5.28. The molecule has 0 radical (unpaired) electrons. The summed E-state index contributed by atoms with van der Waals surface area (Å²) >= 11 is 0. The van der Waals surface area contributed by atoms with Gasteiger partial charge in [0.15, 0.2) is 0 Å². The van der Waals surface area contributed by atoms with Gasteiger partial charge in [0.1, 0.15) is 0 Å². The highest BCUT2D eigenvalue weighted by molar-refractivity contribution is 6.35. The zero-order valence-electron chi connectivity index (χ0n) is 14.7. The van der Waals surface area contributed by atoms with Crippen LogP contribution < -0.4 is 10.7 Å². The van der Waals surface area contributed by atoms with E-state index >= 15 is 0 Å². The molecule has 0 aromatic heterocycles. The molecular weight excluding hydrogens is 320 g/mol. The van der Waals surface area contributed by atoms with Crippen molar-refractivity contribution in [3.8, 4) is 0 Å². The molecule has 1 fully saturated rings. The van der Waals surface area contributed by atoms with E-state index in [1.54, 1.807) is 0 Å². The fourth-order valence-corrected chi connectivity index (χ4v) is 2.47. The first-order valence-corrected chi connectivity index (χ1v) is 8.69. The van der Waals surface area contributed by atoms with Crippen molar-refractivity contribution in [3.05, 3.63) is 35.4 Å². The quantitative estimate of drug-likeness (QED) is 0.327. The van der Waals surface area contributed by atoms with Crippen LogP contribution in [0.3, 0.4) is 0 Å². The summed E-state index contributed by atoms with van der Waals surface area (Å²) in [6, 6.07) is 7.84. The number of morpholine rings is 1. The van der Waals surface area contributed by atoms with Crippen molar-refractivity contribution >= 4 is 18.0 Å². The molecule has 7 nitrogen and oxygen atoms in total. The van der Waals surface area contributed by atoms with Gasteiger partial charge in [-0.15, -0.1) is 0 Å². The number of ether oxygens (including phenoxy) is 1. The van der Waals surface area contributed by atoms with Crippen molar-refractivity contribution in [2.75, 3.05) is 39.4 Å². The van der Waals surface area contributed by atoms with Gasteiger partial charge in [-0.1, -0.05) is 31.2 Å². The Morgan fingerprint density at radius 3 is 2.60 bits per heavy atom. The molecule has 1 aromatic carbocycles. The Morgan fingerprint density at radius 2 is 1.92 bits per heavy atom. The Labute approximate surface area is 148 Å². The smallest absolute Gasteiger partial charge is 0.329 e. The van der Waals surface area contributed by atoms with Crippen LogP contribution in [-0.4, -0.2) is 62.3 Å². The van der Waals surface area contributed by atoms with Crippen LogP contribution in [-0.2, 0) is 20.7 Å². The summed E-state index contributed by atoms with van der Waals surface area (Å²) in [5.74, 6) is -1.42. The predicted molar refractivity (Wildman–Crippen MR) is 96.4 cm³/mol. The average molecular weight is 346 g/mol. The van der Waals surface area contributed by atoms with E-state index in [0.717, 1.165) is 51.3 Å². The molecule has 25 heavy (non-hydrogen) atoms. The molecule has 0 aliphatic carbocycles. The number of carbonyl (C=O) groups is 2. The summed E-state index contributed by atoms with van der Waals surface area (Å²) in [7, 11) is 0. The molecule has 1 saturated heterocycles. The van der Waals surface area contributed by atoms with Crippen LogP contribution in [0.15, 0.2) is 29.4 Å². The first kappa shape index (κ1) is 19.1. The van der Waals surface area contributed by atoms with E-state index in [-0.39, 0.29) is 0 Å². The van der Waals surface area contributed by atoms with E-state index in [0.29, 0.717) is 6.54 Å². The third kappa shape index (κ3) is 7.03. The maximum absolute atomic E-state index is 11.7. The lowest BCUT2D eigenvalue weighted by atomic mass is 10.1. The molecule has 1 aliphatic rings. The van der Waals surface area contributed by atoms with Gasteiger partial charge in [-0.3, -0.25) is 14.5 Å². The number of hydrogen-bond donors (Lipinski definition) is 2. The molecule has 1 heterocycles. The standard InChI is InChI=1S/C18H26N4O3/c1-2-15-4-6-16(7-5-15)14-20-21-18(24)17(23)19-8-3-9-22-10-12-25-13-11-22/h4-7,14H,2-3,8-13H2,1H3,(H,19,23)(H,21,24)/b20-14-. The Morgan fingerprint density at radius 1 is 1.20 bits per heavy atom. The normalized spacial score (nSPS) is 15.2. The molecule has 7 heteroatoms. The SMILES string of the molecule is CCc1ccc(/C=N\NC(=O)C(=O)NCCCN2CCOCC2)cc1. The number of nitrogens with one attached hydrogen (secondary N) is 2. The lowest BCUT2D eigenvalue weighted by molar-refractivity contribution is -0.139. The van der Waals surface area contributed by atoms with Gasteiger partial charge in [-0.25, -0.2) is 5.43 Å². The number of nitrogens with zero attached hydrogens (tertiary/aromatic N) is 2. The van der Waals surface area contributed by atoms with Crippen LogP contribution in [0.1, 0.15) is 24.5 Å². The molecule has 0 bridgehead atoms. The molecule has 0 atom stereocenters. The van der Waals surface area contributed by atoms with Crippen LogP contribution in [0.4, 0.5) is 0 Å². The Bertz CT molecular complexity index is 580. The van der Waals surface area contributed by atoms with Gasteiger partial charge < -0.3 is 10.1 Å². The van der Waals surface area contributed by atoms with E-state index in [9.17, 15) is 9.59 Å². The first-order valence-electron chi connectivity index (χ1n) is 8.69. The molecule has 0 spiro atoms. The van der Waals surface area contributed by atoms with E-state index < -0.39 is 11.8 Å². The highest BCUT2D eigenvalue weighted by Crippen LogP contribution is 2.02. The lowest BCUT2D eigenvalue weighted by Gasteiger charge is -2.26. The molecule has 2 rings (SSSR count). The van der Waals surface area contributed by atoms with E-state index in [1.165, 1.54) is 11.8 Å². The summed E-state index contributed by atoms with van der Waals surface area (Å²) in [6.07, 6.45) is 3.29. The summed E-state index contributed by atoms with van der Waals surface area (Å²) in [5, 5.41) is 6.42. The van der Waals surface area contributed by atoms with E-state index in [1.807, 2.05) is 24.3 Å². The maximum atomic E-state index is 11.7. The molecule has 0 unspecified atom stereocenters. The average Bonchev–Trinajstić information content (AvgIpc) is 2.66. The second kappa shape index (κ2) is 10.6. The third-order valence-electron chi connectivity index (χ3n) is 4.01. The Kier molecular flexibility index (Phi) is 8.08. The fourth-order valence-electron chi connectivity index (χ4n) is 2.47. The minimum absolute atomic E-state index is 0.464. The number of rotatable bonds is 7. The van der Waals surface area contributed by atoms with Crippen LogP contribution in [0.25, 0.3) is 0 Å². The van der Waals surface area contributed by atoms with Crippen molar-refractivity contribution in [2.24, 2.45) is 5.10 Å². The predicted octanol–water partition coefficient (Wildman–Crippen LogP) is 0.538. The summed E-state index contributed by atoms with van der Waals surface area (Å²) in [5.41, 5.74) is 4.34. The fraction of sp³-hybridized carbons (Fsp3) is 0.500. The lowest BCUT2D eigenvalue weighted by Crippen LogP contribution is -2.40. The molecule has 2 amide bonds. The molecule has 136 valence electrons. The van der Waals surface area contributed by atoms with Crippen LogP contribution in [0.5, 0.6) is 0 Å². The largest absolute Gasteiger partial charge is 0.379 e. The highest BCUT2D eigenvalue weighted by Gasteiger charge is 2.13. The minimum atomic E-state index is -0.757. The van der Waals surface area contributed by atoms with Crippen LogP contribution in [0, 0.1) is 0 Å². The van der Waals surface area contributed by atoms with Crippen molar-refractivity contribution in [1.29, 1.82) is 0 Å². The molecule has 1 aromatic rings. The highest BCUT2D eigenvalue weighted by atomic mass is 16.5. The van der Waals surface area contributed by atoms with Gasteiger partial charge in [0.2, 0.25) is 0 Å². The molecule has 1 aliphatic heterocycles. The molecule has 2 N–H and O–H groups in total. The van der Waals surface area contributed by atoms with Gasteiger partial charge >= 0.3 is 11.8 Å². The number of aryl methyl sites for hydroxylation is 1. The minimum Gasteiger partial charge on any atom is -0.379 e. The van der Waals surface area contributed by atoms with E-state index in [2.05, 4.69) is 27.7 Å². The van der Waals surface area contributed by atoms with Crippen molar-refractivity contribution in [3.63, 3.8) is 0 Å². The first-order chi connectivity index (χ1) is 12.2. The third-order valence-corrected chi connectivity index (χ3v) is 4.01. The monoisotopic (exact) mass is 346 g/mol. The maximum Gasteiger partial charge on any atom is 0.329 e. The van der Waals surface area contributed by atoms with Gasteiger partial charge in [0.05, 0.1) is 19.4 Å². The van der Waals surface area contributed by atoms with Crippen LogP contribution in [0.2, 0.25) is 0 Å². The number of hydrogen-bond acceptors (Lipinski definition) is 5. The number of hydrazone groups is 1. The van der Waals surface area contributed by atoms with Crippen LogP contribution >= 0.6 is 0 Å². The van der Waals surface area contributed by atoms with Crippen molar-refractivity contribution in [1.82, 2.24) is 15.6 Å². The Balaban J connectivity index is 1.62. The number of benzene rings is 1. The zero-order valence-corrected chi connectivity index (χ0v) is 14.7.